The number of ether oxygens (including phenoxy) is 1. The van der Waals surface area contributed by atoms with Gasteiger partial charge in [-0.15, -0.1) is 0 Å². The molecule has 4 N–H and O–H groups in total. The zero-order valence-corrected chi connectivity index (χ0v) is 18.3. The van der Waals surface area contributed by atoms with Crippen LogP contribution < -0.4 is 74.2 Å². The van der Waals surface area contributed by atoms with E-state index in [-0.39, 0.29) is 59.1 Å². The number of phosphoric acid groups is 1. The average Bonchev–Trinajstić information content (AvgIpc) is 2.44. The van der Waals surface area contributed by atoms with Crippen molar-refractivity contribution in [3.05, 3.63) is 0 Å². The molecule has 0 aromatic heterocycles. The van der Waals surface area contributed by atoms with Crippen LogP contribution in [0.3, 0.4) is 0 Å². The third-order valence-electron chi connectivity index (χ3n) is 3.04. The minimum Gasteiger partial charge on any atom is -0.790 e. The SMILES string of the molecule is [2H]CC(=O)N[C@@H]1[C@@H](O)[C@H](O)[C@@H](COP(=O)([O-])[O-])OC1(O)C(C)=O.[Na+].[Na+]. The number of ketones is 1. The summed E-state index contributed by atoms with van der Waals surface area (Å²) >= 11 is 0. The fourth-order valence-electron chi connectivity index (χ4n) is 1.98. The molecule has 1 aliphatic rings. The van der Waals surface area contributed by atoms with E-state index >= 15 is 0 Å². The Morgan fingerprint density at radius 2 is 1.92 bits per heavy atom. The number of hydrogen-bond acceptors (Lipinski definition) is 10. The van der Waals surface area contributed by atoms with Crippen LogP contribution in [-0.4, -0.2) is 63.8 Å². The predicted molar refractivity (Wildman–Crippen MR) is 63.7 cm³/mol. The Morgan fingerprint density at radius 3 is 2.33 bits per heavy atom. The Kier molecular flexibility index (Phi) is 10.9. The second-order valence-corrected chi connectivity index (χ2v) is 5.83. The summed E-state index contributed by atoms with van der Waals surface area (Å²) < 4.78 is 26.1. The maximum Gasteiger partial charge on any atom is 1.00 e. The molecule has 0 aliphatic carbocycles. The monoisotopic (exact) mass is 388 g/mol. The van der Waals surface area contributed by atoms with Crippen molar-refractivity contribution in [2.75, 3.05) is 6.61 Å². The van der Waals surface area contributed by atoms with Gasteiger partial charge in [0.2, 0.25) is 11.7 Å². The summed E-state index contributed by atoms with van der Waals surface area (Å²) in [6, 6.07) is -1.81. The topological polar surface area (TPSA) is 189 Å². The fourth-order valence-corrected chi connectivity index (χ4v) is 2.31. The van der Waals surface area contributed by atoms with Crippen LogP contribution in [0.2, 0.25) is 0 Å². The molecule has 128 valence electrons. The van der Waals surface area contributed by atoms with Crippen molar-refractivity contribution in [3.63, 3.8) is 0 Å². The van der Waals surface area contributed by atoms with Gasteiger partial charge >= 0.3 is 59.1 Å². The zero-order valence-electron chi connectivity index (χ0n) is 14.4. The van der Waals surface area contributed by atoms with E-state index in [1.807, 2.05) is 5.32 Å². The molecule has 1 rings (SSSR count). The van der Waals surface area contributed by atoms with Crippen LogP contribution >= 0.6 is 7.82 Å². The summed E-state index contributed by atoms with van der Waals surface area (Å²) in [5.74, 6) is -4.85. The first-order chi connectivity index (χ1) is 10.4. The maximum atomic E-state index is 11.6. The zero-order chi connectivity index (χ0) is 18.0. The summed E-state index contributed by atoms with van der Waals surface area (Å²) in [6.45, 7) is -0.985. The molecule has 1 fully saturated rings. The maximum absolute atomic E-state index is 11.6. The van der Waals surface area contributed by atoms with Crippen LogP contribution in [0.4, 0.5) is 0 Å². The molecule has 1 heterocycles. The standard InChI is InChI=1S/C10H18NO10P.2Na/c1-4(12)10(16)9(11-5(2)13)8(15)7(14)6(21-10)3-20-22(17,18)19;;/h6-9,14-16H,3H2,1-2H3,(H,11,13)(H2,17,18,19);;/q;2*+1/p-2/t6-,7-,8+,9-,10?;;/m1../s1/i2D;;. The molecule has 0 bridgehead atoms. The second-order valence-electron chi connectivity index (χ2n) is 4.68. The number of phosphoric ester groups is 1. The van der Waals surface area contributed by atoms with Crippen molar-refractivity contribution in [3.8, 4) is 0 Å². The van der Waals surface area contributed by atoms with Crippen LogP contribution in [0.25, 0.3) is 0 Å². The van der Waals surface area contributed by atoms with Crippen LogP contribution in [0.1, 0.15) is 15.2 Å². The molecule has 0 spiro atoms. The Bertz CT molecular complexity index is 522. The number of Topliss-reactive ketones (excluding diaryl/α,β-unsaturated/α-hetero) is 1. The normalized spacial score (nSPS) is 33.5. The van der Waals surface area contributed by atoms with E-state index in [1.54, 1.807) is 0 Å². The van der Waals surface area contributed by atoms with Crippen LogP contribution in [0.15, 0.2) is 0 Å². The fraction of sp³-hybridized carbons (Fsp3) is 0.800. The molecular weight excluding hydrogens is 371 g/mol. The van der Waals surface area contributed by atoms with E-state index in [0.717, 1.165) is 6.92 Å². The summed E-state index contributed by atoms with van der Waals surface area (Å²) in [6.07, 6.45) is -5.59. The molecule has 1 saturated heterocycles. The van der Waals surface area contributed by atoms with Crippen molar-refractivity contribution < 1.29 is 109 Å². The molecule has 1 amide bonds. The van der Waals surface area contributed by atoms with Gasteiger partial charge in [0.25, 0.3) is 0 Å². The summed E-state index contributed by atoms with van der Waals surface area (Å²) in [5, 5.41) is 32.0. The Morgan fingerprint density at radius 1 is 1.38 bits per heavy atom. The number of carbonyl (C=O) groups is 2. The molecule has 0 saturated carbocycles. The van der Waals surface area contributed by atoms with Crippen LogP contribution in [0, 0.1) is 0 Å². The van der Waals surface area contributed by atoms with Crippen molar-refractivity contribution in [2.45, 2.75) is 44.0 Å². The van der Waals surface area contributed by atoms with Gasteiger partial charge in [0.1, 0.15) is 24.4 Å². The third kappa shape index (κ3) is 7.01. The summed E-state index contributed by atoms with van der Waals surface area (Å²) in [4.78, 5) is 43.8. The Hall–Kier alpha value is 1.09. The quantitative estimate of drug-likeness (QED) is 0.260. The van der Waals surface area contributed by atoms with Gasteiger partial charge in [-0.2, -0.15) is 0 Å². The molecule has 0 aromatic rings. The number of aliphatic hydroxyl groups is 3. The number of aliphatic hydroxyl groups excluding tert-OH is 2. The molecular formula is C10H16NNa2O10P. The first-order valence-electron chi connectivity index (χ1n) is 6.65. The molecule has 1 unspecified atom stereocenters. The molecule has 24 heavy (non-hydrogen) atoms. The van der Waals surface area contributed by atoms with Gasteiger partial charge in [0.05, 0.1) is 14.4 Å². The van der Waals surface area contributed by atoms with Gasteiger partial charge in [0.15, 0.2) is 5.78 Å². The van der Waals surface area contributed by atoms with Gasteiger partial charge in [-0.3, -0.25) is 9.59 Å². The van der Waals surface area contributed by atoms with Crippen molar-refractivity contribution in [1.29, 1.82) is 0 Å². The van der Waals surface area contributed by atoms with E-state index in [9.17, 15) is 39.3 Å². The minimum atomic E-state index is -5.42. The number of amides is 1. The second kappa shape index (κ2) is 10.4. The first kappa shape index (κ1) is 25.1. The molecule has 0 radical (unpaired) electrons. The van der Waals surface area contributed by atoms with E-state index in [1.165, 1.54) is 0 Å². The largest absolute Gasteiger partial charge is 1.00 e. The number of carbonyl (C=O) groups excluding carboxylic acids is 2. The average molecular weight is 388 g/mol. The molecule has 5 atom stereocenters. The van der Waals surface area contributed by atoms with E-state index in [4.69, 9.17) is 6.11 Å². The van der Waals surface area contributed by atoms with Crippen LogP contribution in [-0.2, 0) is 23.4 Å². The van der Waals surface area contributed by atoms with Gasteiger partial charge in [-0.25, -0.2) is 0 Å². The molecule has 0 aromatic carbocycles. The number of hydrogen-bond donors (Lipinski definition) is 4. The van der Waals surface area contributed by atoms with Gasteiger partial charge in [0, 0.05) is 15.2 Å². The number of rotatable bonds is 5. The Balaban J connectivity index is 0. The minimum absolute atomic E-state index is 0. The molecule has 14 heteroatoms. The number of nitrogens with one attached hydrogen (secondary N) is 1. The molecule has 1 aliphatic heterocycles. The van der Waals surface area contributed by atoms with E-state index in [2.05, 4.69) is 4.52 Å². The molecule has 11 nitrogen and oxygen atoms in total. The van der Waals surface area contributed by atoms with Gasteiger partial charge < -0.3 is 44.2 Å². The summed E-state index contributed by atoms with van der Waals surface area (Å²) in [7, 11) is -5.42. The predicted octanol–water partition coefficient (Wildman–Crippen LogP) is -10.3. The first-order valence-corrected chi connectivity index (χ1v) is 7.41. The van der Waals surface area contributed by atoms with Crippen LogP contribution in [0.5, 0.6) is 0 Å². The van der Waals surface area contributed by atoms with Crippen molar-refractivity contribution in [2.24, 2.45) is 0 Å². The van der Waals surface area contributed by atoms with E-state index < -0.39 is 63.2 Å². The van der Waals surface area contributed by atoms with E-state index in [0.29, 0.717) is 0 Å². The smallest absolute Gasteiger partial charge is 0.790 e. The van der Waals surface area contributed by atoms with Crippen molar-refractivity contribution in [1.82, 2.24) is 5.32 Å². The summed E-state index contributed by atoms with van der Waals surface area (Å²) in [5.41, 5.74) is 0. The van der Waals surface area contributed by atoms with Gasteiger partial charge in [-0.1, -0.05) is 0 Å². The Labute approximate surface area is 183 Å². The van der Waals surface area contributed by atoms with Crippen molar-refractivity contribution >= 4 is 19.5 Å². The third-order valence-corrected chi connectivity index (χ3v) is 3.51. The van der Waals surface area contributed by atoms with Gasteiger partial charge in [-0.05, 0) is 0 Å².